The average Bonchev–Trinajstić information content (AvgIpc) is 2.80. The summed E-state index contributed by atoms with van der Waals surface area (Å²) in [6.07, 6.45) is 13.2. The summed E-state index contributed by atoms with van der Waals surface area (Å²) in [5, 5.41) is 0. The molecule has 2 amide bonds. The zero-order valence-corrected chi connectivity index (χ0v) is 25.3. The van der Waals surface area contributed by atoms with E-state index in [1.54, 1.807) is 13.8 Å². The number of ether oxygens (including phenoxy) is 1. The first-order valence-corrected chi connectivity index (χ1v) is 13.8. The molecule has 2 rings (SSSR count). The summed E-state index contributed by atoms with van der Waals surface area (Å²) < 4.78 is 4.97. The molecule has 6 nitrogen and oxygen atoms in total. The van der Waals surface area contributed by atoms with Crippen LogP contribution in [0.25, 0.3) is 0 Å². The standard InChI is InChI=1S/C16H24ClNO3.C13H20ClNO/c1-5-13-9-8-10-16(17,6-2)15(13)18(12(4)19)11-14(20)21-7-3;1-9(2)15(11(4)16)12-8-6-7-10(3)13(12,5)14/h8-10,15H,5-7,11H2,1-4H3;6-9,12H,1-5H3. The Kier molecular flexibility index (Phi) is 12.7. The quantitative estimate of drug-likeness (QED) is 0.265. The van der Waals surface area contributed by atoms with E-state index in [1.165, 1.54) is 11.8 Å². The molecule has 0 spiro atoms. The van der Waals surface area contributed by atoms with Crippen molar-refractivity contribution in [3.05, 3.63) is 47.6 Å². The Morgan fingerprint density at radius 1 is 1.05 bits per heavy atom. The summed E-state index contributed by atoms with van der Waals surface area (Å²) in [4.78, 5) is 37.7. The largest absolute Gasteiger partial charge is 0.465 e. The Bertz CT molecular complexity index is 952. The lowest BCUT2D eigenvalue weighted by molar-refractivity contribution is -0.149. The van der Waals surface area contributed by atoms with Crippen LogP contribution in [-0.2, 0) is 19.1 Å². The second-order valence-electron chi connectivity index (χ2n) is 9.86. The highest BCUT2D eigenvalue weighted by Gasteiger charge is 2.42. The normalized spacial score (nSPS) is 26.5. The summed E-state index contributed by atoms with van der Waals surface area (Å²) in [6.45, 7) is 17.0. The molecule has 0 fully saturated rings. The van der Waals surface area contributed by atoms with Crippen LogP contribution in [0.5, 0.6) is 0 Å². The molecule has 8 heteroatoms. The third-order valence-corrected chi connectivity index (χ3v) is 8.07. The van der Waals surface area contributed by atoms with Crippen molar-refractivity contribution < 1.29 is 19.1 Å². The third-order valence-electron chi connectivity index (χ3n) is 6.95. The molecule has 2 aliphatic rings. The molecule has 0 N–H and O–H groups in total. The van der Waals surface area contributed by atoms with Gasteiger partial charge in [-0.05, 0) is 53.0 Å². The highest BCUT2D eigenvalue weighted by Crippen LogP contribution is 2.38. The zero-order chi connectivity index (χ0) is 28.6. The number of halogens is 2. The van der Waals surface area contributed by atoms with E-state index >= 15 is 0 Å². The van der Waals surface area contributed by atoms with Gasteiger partial charge in [0.1, 0.15) is 6.54 Å². The molecule has 37 heavy (non-hydrogen) atoms. The van der Waals surface area contributed by atoms with Crippen molar-refractivity contribution >= 4 is 41.0 Å². The molecular formula is C29H44Cl2N2O4. The van der Waals surface area contributed by atoms with Gasteiger partial charge in [-0.3, -0.25) is 14.4 Å². The smallest absolute Gasteiger partial charge is 0.325 e. The van der Waals surface area contributed by atoms with Gasteiger partial charge in [-0.15, -0.1) is 23.2 Å². The molecule has 0 radical (unpaired) electrons. The molecule has 0 heterocycles. The minimum atomic E-state index is -0.682. The van der Waals surface area contributed by atoms with Crippen molar-refractivity contribution in [2.75, 3.05) is 13.2 Å². The van der Waals surface area contributed by atoms with Crippen LogP contribution in [0.2, 0.25) is 0 Å². The van der Waals surface area contributed by atoms with Gasteiger partial charge in [0.15, 0.2) is 0 Å². The molecule has 0 aliphatic heterocycles. The van der Waals surface area contributed by atoms with E-state index in [4.69, 9.17) is 27.9 Å². The minimum absolute atomic E-state index is 0.0613. The number of hydrogen-bond donors (Lipinski definition) is 0. The van der Waals surface area contributed by atoms with Crippen LogP contribution in [0.15, 0.2) is 47.6 Å². The lowest BCUT2D eigenvalue weighted by Crippen LogP contribution is -2.54. The molecule has 0 saturated carbocycles. The highest BCUT2D eigenvalue weighted by molar-refractivity contribution is 6.27. The molecule has 0 aromatic heterocycles. The van der Waals surface area contributed by atoms with E-state index in [1.807, 2.05) is 82.9 Å². The van der Waals surface area contributed by atoms with Gasteiger partial charge in [-0.1, -0.05) is 55.9 Å². The average molecular weight is 556 g/mol. The Balaban J connectivity index is 0.000000384. The van der Waals surface area contributed by atoms with E-state index in [-0.39, 0.29) is 36.5 Å². The van der Waals surface area contributed by atoms with Crippen molar-refractivity contribution in [2.45, 2.75) is 103 Å². The summed E-state index contributed by atoms with van der Waals surface area (Å²) in [6, 6.07) is -0.242. The van der Waals surface area contributed by atoms with Gasteiger partial charge in [0.2, 0.25) is 11.8 Å². The Labute approximate surface area is 233 Å². The molecule has 0 bridgehead atoms. The maximum Gasteiger partial charge on any atom is 0.325 e. The monoisotopic (exact) mass is 554 g/mol. The fourth-order valence-corrected chi connectivity index (χ4v) is 5.32. The van der Waals surface area contributed by atoms with Crippen LogP contribution in [0, 0.1) is 0 Å². The van der Waals surface area contributed by atoms with Crippen molar-refractivity contribution in [1.29, 1.82) is 0 Å². The second kappa shape index (κ2) is 14.2. The number of nitrogens with zero attached hydrogens (tertiary/aromatic N) is 2. The van der Waals surface area contributed by atoms with Crippen LogP contribution in [-0.4, -0.2) is 68.6 Å². The van der Waals surface area contributed by atoms with Gasteiger partial charge >= 0.3 is 5.97 Å². The summed E-state index contributed by atoms with van der Waals surface area (Å²) in [7, 11) is 0. The van der Waals surface area contributed by atoms with E-state index in [2.05, 4.69) is 0 Å². The lowest BCUT2D eigenvalue weighted by Gasteiger charge is -2.42. The highest BCUT2D eigenvalue weighted by atomic mass is 35.5. The Morgan fingerprint density at radius 3 is 2.14 bits per heavy atom. The summed E-state index contributed by atoms with van der Waals surface area (Å²) in [5.41, 5.74) is 2.14. The van der Waals surface area contributed by atoms with Gasteiger partial charge in [0, 0.05) is 19.9 Å². The molecule has 0 saturated heterocycles. The topological polar surface area (TPSA) is 66.9 Å². The lowest BCUT2D eigenvalue weighted by atomic mass is 9.83. The third kappa shape index (κ3) is 8.22. The number of esters is 1. The fourth-order valence-electron chi connectivity index (χ4n) is 4.75. The van der Waals surface area contributed by atoms with Crippen LogP contribution in [0.4, 0.5) is 0 Å². The van der Waals surface area contributed by atoms with Crippen LogP contribution < -0.4 is 0 Å². The number of rotatable bonds is 8. The van der Waals surface area contributed by atoms with Gasteiger partial charge in [0.05, 0.1) is 28.4 Å². The van der Waals surface area contributed by atoms with E-state index in [9.17, 15) is 14.4 Å². The molecule has 4 atom stereocenters. The summed E-state index contributed by atoms with van der Waals surface area (Å²) in [5.74, 6) is -0.528. The minimum Gasteiger partial charge on any atom is -0.465 e. The first kappa shape index (κ1) is 33.0. The van der Waals surface area contributed by atoms with Gasteiger partial charge in [-0.25, -0.2) is 0 Å². The molecule has 4 unspecified atom stereocenters. The number of hydrogen-bond acceptors (Lipinski definition) is 4. The van der Waals surface area contributed by atoms with Gasteiger partial charge in [0.25, 0.3) is 0 Å². The van der Waals surface area contributed by atoms with Gasteiger partial charge < -0.3 is 14.5 Å². The van der Waals surface area contributed by atoms with E-state index in [0.29, 0.717) is 13.0 Å². The number of carbonyl (C=O) groups is 3. The first-order valence-electron chi connectivity index (χ1n) is 13.0. The van der Waals surface area contributed by atoms with Crippen LogP contribution in [0.3, 0.4) is 0 Å². The van der Waals surface area contributed by atoms with Crippen molar-refractivity contribution in [3.8, 4) is 0 Å². The Hall–Kier alpha value is -2.05. The van der Waals surface area contributed by atoms with E-state index in [0.717, 1.165) is 17.6 Å². The maximum absolute atomic E-state index is 12.1. The number of carbonyl (C=O) groups excluding carboxylic acids is 3. The number of allylic oxidation sites excluding steroid dienone is 4. The summed E-state index contributed by atoms with van der Waals surface area (Å²) >= 11 is 13.3. The van der Waals surface area contributed by atoms with Gasteiger partial charge in [-0.2, -0.15) is 0 Å². The van der Waals surface area contributed by atoms with Crippen molar-refractivity contribution in [3.63, 3.8) is 0 Å². The van der Waals surface area contributed by atoms with E-state index < -0.39 is 15.7 Å². The first-order chi connectivity index (χ1) is 17.2. The number of alkyl halides is 2. The van der Waals surface area contributed by atoms with Crippen LogP contribution in [0.1, 0.15) is 75.2 Å². The molecule has 0 aromatic rings. The maximum atomic E-state index is 12.1. The zero-order valence-electron chi connectivity index (χ0n) is 23.8. The SMILES string of the molecule is CC(=O)N(C(C)C)C1C=CC=C(C)C1(C)Cl.CCOC(=O)CN(C(C)=O)C1C(CC)=CC=CC1(Cl)CC. The predicted octanol–water partition coefficient (Wildman–Crippen LogP) is 6.19. The molecular weight excluding hydrogens is 511 g/mol. The Morgan fingerprint density at radius 2 is 1.68 bits per heavy atom. The fraction of sp³-hybridized carbons (Fsp3) is 0.621. The molecule has 208 valence electrons. The van der Waals surface area contributed by atoms with Crippen LogP contribution >= 0.6 is 23.2 Å². The number of amides is 2. The molecule has 0 aromatic carbocycles. The van der Waals surface area contributed by atoms with Crippen molar-refractivity contribution in [2.24, 2.45) is 0 Å². The molecule has 2 aliphatic carbocycles. The second-order valence-corrected chi connectivity index (χ2v) is 11.4. The predicted molar refractivity (Wildman–Crippen MR) is 153 cm³/mol. The van der Waals surface area contributed by atoms with Crippen molar-refractivity contribution in [1.82, 2.24) is 9.80 Å².